The van der Waals surface area contributed by atoms with Crippen LogP contribution < -0.4 is 19.6 Å². The van der Waals surface area contributed by atoms with Crippen LogP contribution in [-0.4, -0.2) is 17.5 Å². The van der Waals surface area contributed by atoms with Gasteiger partial charge in [0.15, 0.2) is 10.6 Å². The third-order valence-corrected chi connectivity index (χ3v) is 6.61. The molecule has 0 saturated carbocycles. The molecule has 0 saturated heterocycles. The number of halogens is 1. The van der Waals surface area contributed by atoms with E-state index in [0.29, 0.717) is 27.1 Å². The molecule has 3 aromatic rings. The maximum Gasteiger partial charge on any atom is 0.271 e. The monoisotopic (exact) mass is 434 g/mol. The lowest BCUT2D eigenvalue weighted by Gasteiger charge is -2.28. The van der Waals surface area contributed by atoms with E-state index in [4.69, 9.17) is 9.73 Å². The molecule has 0 radical (unpaired) electrons. The van der Waals surface area contributed by atoms with Crippen molar-refractivity contribution >= 4 is 23.2 Å². The second-order valence-corrected chi connectivity index (χ2v) is 8.55. The summed E-state index contributed by atoms with van der Waals surface area (Å²) in [6, 6.07) is 12.9. The van der Waals surface area contributed by atoms with Crippen molar-refractivity contribution in [2.24, 2.45) is 4.99 Å². The van der Waals surface area contributed by atoms with Crippen molar-refractivity contribution < 1.29 is 13.9 Å². The zero-order valence-electron chi connectivity index (χ0n) is 16.8. The standard InChI is InChI=1S/C24H19FN2O3S/c1-30-17-11-7-15(8-12-17)22-21-18(3-2-4-19(21)28)26-24-27(22)23(29)20(31-24)13-14-5-9-16(25)10-6-14/h5-13,22H,2-4H2,1H3. The van der Waals surface area contributed by atoms with Gasteiger partial charge in [-0.3, -0.25) is 14.2 Å². The molecular formula is C24H19FN2O3S. The van der Waals surface area contributed by atoms with Gasteiger partial charge in [-0.1, -0.05) is 35.6 Å². The minimum Gasteiger partial charge on any atom is -0.497 e. The number of rotatable bonds is 3. The fourth-order valence-electron chi connectivity index (χ4n) is 4.12. The molecule has 0 fully saturated rings. The van der Waals surface area contributed by atoms with Crippen LogP contribution in [0.25, 0.3) is 6.08 Å². The molecular weight excluding hydrogens is 415 g/mol. The number of hydrogen-bond acceptors (Lipinski definition) is 5. The molecule has 5 rings (SSSR count). The van der Waals surface area contributed by atoms with Gasteiger partial charge < -0.3 is 4.74 Å². The molecule has 1 aromatic heterocycles. The molecule has 0 amide bonds. The third-order valence-electron chi connectivity index (χ3n) is 5.63. The number of allylic oxidation sites excluding steroid dienone is 2. The topological polar surface area (TPSA) is 60.7 Å². The summed E-state index contributed by atoms with van der Waals surface area (Å²) in [6.07, 6.45) is 3.68. The van der Waals surface area contributed by atoms with Gasteiger partial charge in [-0.25, -0.2) is 9.38 Å². The number of ether oxygens (including phenoxy) is 1. The first-order valence-electron chi connectivity index (χ1n) is 10.0. The number of nitrogens with zero attached hydrogens (tertiary/aromatic N) is 2. The number of carbonyl (C=O) groups is 1. The molecule has 5 nitrogen and oxygen atoms in total. The fourth-order valence-corrected chi connectivity index (χ4v) is 5.14. The summed E-state index contributed by atoms with van der Waals surface area (Å²) in [4.78, 5) is 31.6. The maximum absolute atomic E-state index is 13.4. The van der Waals surface area contributed by atoms with Crippen molar-refractivity contribution in [2.45, 2.75) is 25.3 Å². The SMILES string of the molecule is COc1ccc(C2C3=C(CCCC3=O)N=c3sc(=Cc4ccc(F)cc4)c(=O)n32)cc1. The lowest BCUT2D eigenvalue weighted by molar-refractivity contribution is -0.116. The summed E-state index contributed by atoms with van der Waals surface area (Å²) in [7, 11) is 1.60. The molecule has 1 unspecified atom stereocenters. The minimum atomic E-state index is -0.514. The summed E-state index contributed by atoms with van der Waals surface area (Å²) in [5.41, 5.74) is 2.74. The van der Waals surface area contributed by atoms with E-state index in [0.717, 1.165) is 29.7 Å². The fraction of sp³-hybridized carbons (Fsp3) is 0.208. The Kier molecular flexibility index (Phi) is 4.90. The first kappa shape index (κ1) is 19.6. The van der Waals surface area contributed by atoms with E-state index in [1.165, 1.54) is 23.5 Å². The van der Waals surface area contributed by atoms with Crippen LogP contribution in [0.3, 0.4) is 0 Å². The molecule has 2 aliphatic rings. The van der Waals surface area contributed by atoms with Crippen molar-refractivity contribution in [3.63, 3.8) is 0 Å². The summed E-state index contributed by atoms with van der Waals surface area (Å²) in [5, 5.41) is 0. The molecule has 31 heavy (non-hydrogen) atoms. The van der Waals surface area contributed by atoms with E-state index in [2.05, 4.69) is 0 Å². The van der Waals surface area contributed by atoms with E-state index < -0.39 is 6.04 Å². The van der Waals surface area contributed by atoms with Gasteiger partial charge >= 0.3 is 0 Å². The van der Waals surface area contributed by atoms with Crippen molar-refractivity contribution in [1.82, 2.24) is 4.57 Å². The number of hydrogen-bond donors (Lipinski definition) is 0. The van der Waals surface area contributed by atoms with Crippen LogP contribution in [0.1, 0.15) is 36.4 Å². The maximum atomic E-state index is 13.4. The molecule has 2 aromatic carbocycles. The Hall–Kier alpha value is -3.32. The molecule has 2 heterocycles. The second-order valence-electron chi connectivity index (χ2n) is 7.54. The highest BCUT2D eigenvalue weighted by Gasteiger charge is 2.34. The molecule has 1 atom stereocenters. The Morgan fingerprint density at radius 2 is 1.84 bits per heavy atom. The van der Waals surface area contributed by atoms with Gasteiger partial charge in [-0.05, 0) is 54.3 Å². The second kappa shape index (κ2) is 7.74. The Morgan fingerprint density at radius 3 is 2.55 bits per heavy atom. The largest absolute Gasteiger partial charge is 0.497 e. The highest BCUT2D eigenvalue weighted by Crippen LogP contribution is 2.36. The number of fused-ring (bicyclic) bond motifs is 1. The zero-order chi connectivity index (χ0) is 21.5. The number of aromatic nitrogens is 1. The highest BCUT2D eigenvalue weighted by molar-refractivity contribution is 7.07. The minimum absolute atomic E-state index is 0.0404. The number of ketones is 1. The van der Waals surface area contributed by atoms with Gasteiger partial charge in [0.1, 0.15) is 11.6 Å². The van der Waals surface area contributed by atoms with Crippen LogP contribution in [0.2, 0.25) is 0 Å². The quantitative estimate of drug-likeness (QED) is 0.637. The molecule has 1 aliphatic heterocycles. The number of benzene rings is 2. The third kappa shape index (κ3) is 3.45. The highest BCUT2D eigenvalue weighted by atomic mass is 32.1. The Labute approximate surface area is 181 Å². The van der Waals surface area contributed by atoms with Crippen LogP contribution in [-0.2, 0) is 4.79 Å². The summed E-state index contributed by atoms with van der Waals surface area (Å²) in [6.45, 7) is 0. The first-order chi connectivity index (χ1) is 15.0. The van der Waals surface area contributed by atoms with Gasteiger partial charge in [0.25, 0.3) is 5.56 Å². The van der Waals surface area contributed by atoms with Crippen LogP contribution in [0, 0.1) is 5.82 Å². The predicted octanol–water partition coefficient (Wildman–Crippen LogP) is 3.12. The van der Waals surface area contributed by atoms with Crippen molar-refractivity contribution in [1.29, 1.82) is 0 Å². The number of thiazole rings is 1. The van der Waals surface area contributed by atoms with Gasteiger partial charge in [0.05, 0.1) is 23.4 Å². The Morgan fingerprint density at radius 1 is 1.10 bits per heavy atom. The molecule has 0 N–H and O–H groups in total. The average molecular weight is 434 g/mol. The molecule has 7 heteroatoms. The van der Waals surface area contributed by atoms with Gasteiger partial charge in [-0.2, -0.15) is 0 Å². The molecule has 0 bridgehead atoms. The number of Topliss-reactive ketones (excluding diaryl/α,β-unsaturated/α-hetero) is 1. The molecule has 1 aliphatic carbocycles. The molecule has 156 valence electrons. The summed E-state index contributed by atoms with van der Waals surface area (Å²) in [5.74, 6) is 0.416. The average Bonchev–Trinajstić information content (AvgIpc) is 3.09. The number of methoxy groups -OCH3 is 1. The summed E-state index contributed by atoms with van der Waals surface area (Å²) < 4.78 is 20.6. The first-order valence-corrected chi connectivity index (χ1v) is 10.8. The van der Waals surface area contributed by atoms with Crippen LogP contribution in [0.15, 0.2) is 69.6 Å². The van der Waals surface area contributed by atoms with E-state index in [1.54, 1.807) is 29.9 Å². The van der Waals surface area contributed by atoms with Crippen LogP contribution in [0.4, 0.5) is 4.39 Å². The van der Waals surface area contributed by atoms with E-state index in [9.17, 15) is 14.0 Å². The van der Waals surface area contributed by atoms with Gasteiger partial charge in [0.2, 0.25) is 0 Å². The smallest absolute Gasteiger partial charge is 0.271 e. The van der Waals surface area contributed by atoms with E-state index in [1.807, 2.05) is 24.3 Å². The van der Waals surface area contributed by atoms with Crippen molar-refractivity contribution in [3.8, 4) is 5.75 Å². The number of carbonyl (C=O) groups excluding carboxylic acids is 1. The summed E-state index contributed by atoms with van der Waals surface area (Å²) >= 11 is 1.29. The van der Waals surface area contributed by atoms with Gasteiger partial charge in [-0.15, -0.1) is 0 Å². The van der Waals surface area contributed by atoms with E-state index >= 15 is 0 Å². The predicted molar refractivity (Wildman–Crippen MR) is 116 cm³/mol. The zero-order valence-corrected chi connectivity index (χ0v) is 17.6. The van der Waals surface area contributed by atoms with Crippen LogP contribution >= 0.6 is 11.3 Å². The Balaban J connectivity index is 1.73. The molecule has 0 spiro atoms. The van der Waals surface area contributed by atoms with Gasteiger partial charge in [0, 0.05) is 12.0 Å². The van der Waals surface area contributed by atoms with Crippen molar-refractivity contribution in [3.05, 3.63) is 96.4 Å². The Bertz CT molecular complexity index is 1380. The lowest BCUT2D eigenvalue weighted by atomic mass is 9.86. The lowest BCUT2D eigenvalue weighted by Crippen LogP contribution is -2.40. The van der Waals surface area contributed by atoms with Crippen LogP contribution in [0.5, 0.6) is 5.75 Å². The van der Waals surface area contributed by atoms with Crippen molar-refractivity contribution in [2.75, 3.05) is 7.11 Å². The van der Waals surface area contributed by atoms with E-state index in [-0.39, 0.29) is 17.2 Å². The normalized spacial score (nSPS) is 18.5.